The van der Waals surface area contributed by atoms with E-state index < -0.39 is 0 Å². The van der Waals surface area contributed by atoms with Crippen molar-refractivity contribution in [1.29, 1.82) is 0 Å². The molecule has 0 unspecified atom stereocenters. The van der Waals surface area contributed by atoms with Gasteiger partial charge in [-0.15, -0.1) is 0 Å². The first kappa shape index (κ1) is 15.1. The fourth-order valence-corrected chi connectivity index (χ4v) is 1.57. The number of rotatable bonds is 6. The molecular weight excluding hydrogens is 275 g/mol. The Morgan fingerprint density at radius 1 is 1.33 bits per heavy atom. The Bertz CT molecular complexity index is 400. The predicted molar refractivity (Wildman–Crippen MR) is 74.6 cm³/mol. The van der Waals surface area contributed by atoms with Crippen LogP contribution >= 0.6 is 23.2 Å². The third-order valence-electron chi connectivity index (χ3n) is 2.13. The van der Waals surface area contributed by atoms with Gasteiger partial charge in [0.15, 0.2) is 0 Å². The largest absolute Gasteiger partial charge is 0.382 e. The maximum atomic E-state index is 11.5. The van der Waals surface area contributed by atoms with E-state index >= 15 is 0 Å². The third-order valence-corrected chi connectivity index (χ3v) is 2.87. The number of halogens is 2. The van der Waals surface area contributed by atoms with E-state index in [1.807, 2.05) is 6.92 Å². The third kappa shape index (κ3) is 5.58. The van der Waals surface area contributed by atoms with Crippen molar-refractivity contribution in [2.75, 3.05) is 25.1 Å². The zero-order valence-corrected chi connectivity index (χ0v) is 11.6. The van der Waals surface area contributed by atoms with Crippen LogP contribution in [0.15, 0.2) is 18.2 Å². The normalized spacial score (nSPS) is 10.2. The lowest BCUT2D eigenvalue weighted by atomic mass is 10.3. The molecule has 1 aromatic carbocycles. The fourth-order valence-electron chi connectivity index (χ4n) is 1.27. The van der Waals surface area contributed by atoms with Gasteiger partial charge in [-0.3, -0.25) is 0 Å². The number of hydrogen-bond donors (Lipinski definition) is 2. The van der Waals surface area contributed by atoms with Crippen molar-refractivity contribution < 1.29 is 9.53 Å². The number of benzene rings is 1. The lowest BCUT2D eigenvalue weighted by Gasteiger charge is -2.08. The Morgan fingerprint density at radius 3 is 2.78 bits per heavy atom. The smallest absolute Gasteiger partial charge is 0.319 e. The molecule has 2 N–H and O–H groups in total. The average Bonchev–Trinajstić information content (AvgIpc) is 2.34. The molecule has 0 aliphatic rings. The van der Waals surface area contributed by atoms with E-state index in [0.717, 1.165) is 6.42 Å². The molecule has 18 heavy (non-hydrogen) atoms. The molecular formula is C12H16Cl2N2O2. The molecule has 2 amide bonds. The van der Waals surface area contributed by atoms with Gasteiger partial charge in [0, 0.05) is 25.4 Å². The molecule has 0 saturated carbocycles. The van der Waals surface area contributed by atoms with E-state index in [4.69, 9.17) is 27.9 Å². The van der Waals surface area contributed by atoms with Gasteiger partial charge in [-0.25, -0.2) is 4.79 Å². The Morgan fingerprint density at radius 2 is 2.11 bits per heavy atom. The summed E-state index contributed by atoms with van der Waals surface area (Å²) in [4.78, 5) is 11.5. The van der Waals surface area contributed by atoms with E-state index in [2.05, 4.69) is 10.6 Å². The summed E-state index contributed by atoms with van der Waals surface area (Å²) in [5.74, 6) is 0. The molecule has 0 atom stereocenters. The van der Waals surface area contributed by atoms with Crippen LogP contribution in [-0.2, 0) is 4.74 Å². The van der Waals surface area contributed by atoms with E-state index in [1.165, 1.54) is 0 Å². The Hall–Kier alpha value is -0.970. The van der Waals surface area contributed by atoms with Gasteiger partial charge in [0.25, 0.3) is 0 Å². The van der Waals surface area contributed by atoms with Crippen LogP contribution in [0.25, 0.3) is 0 Å². The monoisotopic (exact) mass is 290 g/mol. The minimum atomic E-state index is -0.273. The summed E-state index contributed by atoms with van der Waals surface area (Å²) in [7, 11) is 0. The van der Waals surface area contributed by atoms with Crippen LogP contribution in [0, 0.1) is 0 Å². The van der Waals surface area contributed by atoms with Gasteiger partial charge in [0.05, 0.1) is 10.0 Å². The topological polar surface area (TPSA) is 50.4 Å². The molecule has 0 radical (unpaired) electrons. The molecule has 0 spiro atoms. The van der Waals surface area contributed by atoms with Crippen molar-refractivity contribution in [3.8, 4) is 0 Å². The number of hydrogen-bond acceptors (Lipinski definition) is 2. The molecule has 0 fully saturated rings. The predicted octanol–water partition coefficient (Wildman–Crippen LogP) is 3.54. The van der Waals surface area contributed by atoms with Gasteiger partial charge < -0.3 is 15.4 Å². The number of carbonyl (C=O) groups is 1. The highest BCUT2D eigenvalue weighted by atomic mass is 35.5. The zero-order valence-electron chi connectivity index (χ0n) is 10.1. The maximum Gasteiger partial charge on any atom is 0.319 e. The summed E-state index contributed by atoms with van der Waals surface area (Å²) < 4.78 is 5.16. The molecule has 1 rings (SSSR count). The molecule has 0 heterocycles. The highest BCUT2D eigenvalue weighted by molar-refractivity contribution is 6.42. The van der Waals surface area contributed by atoms with Gasteiger partial charge in [-0.1, -0.05) is 23.2 Å². The van der Waals surface area contributed by atoms with Crippen molar-refractivity contribution in [3.63, 3.8) is 0 Å². The van der Waals surface area contributed by atoms with Crippen LogP contribution in [0.2, 0.25) is 10.0 Å². The maximum absolute atomic E-state index is 11.5. The van der Waals surface area contributed by atoms with Crippen molar-refractivity contribution in [3.05, 3.63) is 28.2 Å². The standard InChI is InChI=1S/C12H16Cl2N2O2/c1-2-18-7-3-6-15-12(17)16-9-4-5-10(13)11(14)8-9/h4-5,8H,2-3,6-7H2,1H3,(H2,15,16,17). The molecule has 0 aromatic heterocycles. The van der Waals surface area contributed by atoms with Gasteiger partial charge in [-0.05, 0) is 31.5 Å². The fraction of sp³-hybridized carbons (Fsp3) is 0.417. The molecule has 0 saturated heterocycles. The number of nitrogens with one attached hydrogen (secondary N) is 2. The number of ether oxygens (including phenoxy) is 1. The lowest BCUT2D eigenvalue weighted by Crippen LogP contribution is -2.30. The van der Waals surface area contributed by atoms with Crippen LogP contribution in [0.5, 0.6) is 0 Å². The van der Waals surface area contributed by atoms with Crippen molar-refractivity contribution in [2.45, 2.75) is 13.3 Å². The van der Waals surface area contributed by atoms with Crippen molar-refractivity contribution in [1.82, 2.24) is 5.32 Å². The number of urea groups is 1. The second-order valence-electron chi connectivity index (χ2n) is 3.56. The molecule has 4 nitrogen and oxygen atoms in total. The average molecular weight is 291 g/mol. The quantitative estimate of drug-likeness (QED) is 0.788. The van der Waals surface area contributed by atoms with Gasteiger partial charge in [0.1, 0.15) is 0 Å². The van der Waals surface area contributed by atoms with Crippen LogP contribution in [0.1, 0.15) is 13.3 Å². The first-order valence-corrected chi connectivity index (χ1v) is 6.46. The minimum absolute atomic E-state index is 0.273. The molecule has 0 bridgehead atoms. The Labute approximate surface area is 117 Å². The summed E-state index contributed by atoms with van der Waals surface area (Å²) in [6, 6.07) is 4.65. The van der Waals surface area contributed by atoms with E-state index in [1.54, 1.807) is 18.2 Å². The summed E-state index contributed by atoms with van der Waals surface area (Å²) in [5.41, 5.74) is 0.603. The van der Waals surface area contributed by atoms with E-state index in [9.17, 15) is 4.79 Å². The molecule has 100 valence electrons. The molecule has 0 aliphatic heterocycles. The number of amides is 2. The first-order valence-electron chi connectivity index (χ1n) is 5.71. The molecule has 6 heteroatoms. The first-order chi connectivity index (χ1) is 8.63. The Kier molecular flexibility index (Phi) is 6.86. The summed E-state index contributed by atoms with van der Waals surface area (Å²) in [6.45, 7) is 3.83. The van der Waals surface area contributed by atoms with Crippen LogP contribution < -0.4 is 10.6 Å². The summed E-state index contributed by atoms with van der Waals surface area (Å²) in [5, 5.41) is 6.25. The SMILES string of the molecule is CCOCCCNC(=O)Nc1ccc(Cl)c(Cl)c1. The van der Waals surface area contributed by atoms with Crippen LogP contribution in [0.4, 0.5) is 10.5 Å². The van der Waals surface area contributed by atoms with E-state index in [-0.39, 0.29) is 6.03 Å². The number of carbonyl (C=O) groups excluding carboxylic acids is 1. The van der Waals surface area contributed by atoms with Crippen molar-refractivity contribution >= 4 is 34.9 Å². The lowest BCUT2D eigenvalue weighted by molar-refractivity contribution is 0.145. The highest BCUT2D eigenvalue weighted by Gasteiger charge is 2.03. The molecule has 0 aliphatic carbocycles. The minimum Gasteiger partial charge on any atom is -0.382 e. The van der Waals surface area contributed by atoms with E-state index in [0.29, 0.717) is 35.5 Å². The summed E-state index contributed by atoms with van der Waals surface area (Å²) in [6.07, 6.45) is 0.780. The summed E-state index contributed by atoms with van der Waals surface area (Å²) >= 11 is 11.6. The zero-order chi connectivity index (χ0) is 13.4. The van der Waals surface area contributed by atoms with Crippen LogP contribution in [-0.4, -0.2) is 25.8 Å². The second-order valence-corrected chi connectivity index (χ2v) is 4.37. The van der Waals surface area contributed by atoms with Gasteiger partial charge in [0.2, 0.25) is 0 Å². The van der Waals surface area contributed by atoms with Gasteiger partial charge >= 0.3 is 6.03 Å². The Balaban J connectivity index is 2.29. The second kappa shape index (κ2) is 8.19. The van der Waals surface area contributed by atoms with Crippen molar-refractivity contribution in [2.24, 2.45) is 0 Å². The molecule has 1 aromatic rings. The number of anilines is 1. The van der Waals surface area contributed by atoms with Crippen LogP contribution in [0.3, 0.4) is 0 Å². The van der Waals surface area contributed by atoms with Gasteiger partial charge in [-0.2, -0.15) is 0 Å². The highest BCUT2D eigenvalue weighted by Crippen LogP contribution is 2.24.